The Morgan fingerprint density at radius 3 is 2.50 bits per heavy atom. The van der Waals surface area contributed by atoms with E-state index in [0.717, 1.165) is 22.9 Å². The summed E-state index contributed by atoms with van der Waals surface area (Å²) in [6.07, 6.45) is 1.80. The van der Waals surface area contributed by atoms with E-state index >= 15 is 0 Å². The van der Waals surface area contributed by atoms with Gasteiger partial charge in [0.05, 0.1) is 0 Å². The third-order valence-corrected chi connectivity index (χ3v) is 4.35. The van der Waals surface area contributed by atoms with Crippen molar-refractivity contribution < 1.29 is 0 Å². The maximum absolute atomic E-state index is 6.23. The van der Waals surface area contributed by atoms with Crippen LogP contribution in [0.3, 0.4) is 0 Å². The highest BCUT2D eigenvalue weighted by molar-refractivity contribution is 9.10. The van der Waals surface area contributed by atoms with Gasteiger partial charge in [0.1, 0.15) is 0 Å². The zero-order chi connectivity index (χ0) is 14.5. The second-order valence-corrected chi connectivity index (χ2v) is 6.63. The van der Waals surface area contributed by atoms with Crippen molar-refractivity contribution in [2.75, 3.05) is 6.54 Å². The van der Waals surface area contributed by atoms with Crippen LogP contribution >= 0.6 is 39.1 Å². The van der Waals surface area contributed by atoms with E-state index in [0.29, 0.717) is 22.5 Å². The number of halogens is 3. The van der Waals surface area contributed by atoms with Gasteiger partial charge in [0.25, 0.3) is 0 Å². The van der Waals surface area contributed by atoms with E-state index in [2.05, 4.69) is 28.1 Å². The van der Waals surface area contributed by atoms with Gasteiger partial charge < -0.3 is 5.73 Å². The monoisotopic (exact) mass is 371 g/mol. The zero-order valence-corrected chi connectivity index (χ0v) is 14.0. The maximum Gasteiger partial charge on any atom is 0.0452 e. The molecular weight excluding hydrogens is 357 g/mol. The van der Waals surface area contributed by atoms with Gasteiger partial charge >= 0.3 is 0 Å². The smallest absolute Gasteiger partial charge is 0.0452 e. The highest BCUT2D eigenvalue weighted by atomic mass is 79.9. The van der Waals surface area contributed by atoms with E-state index in [1.807, 2.05) is 24.3 Å². The van der Waals surface area contributed by atoms with Crippen LogP contribution in [0, 0.1) is 5.92 Å². The summed E-state index contributed by atoms with van der Waals surface area (Å²) >= 11 is 15.6. The van der Waals surface area contributed by atoms with E-state index in [1.165, 1.54) is 5.56 Å². The Kier molecular flexibility index (Phi) is 5.91. The molecule has 1 unspecified atom stereocenters. The van der Waals surface area contributed by atoms with Crippen LogP contribution in [0.4, 0.5) is 0 Å². The third-order valence-electron chi connectivity index (χ3n) is 3.27. The van der Waals surface area contributed by atoms with E-state index in [-0.39, 0.29) is 0 Å². The molecule has 0 fully saturated rings. The molecule has 4 heteroatoms. The molecule has 106 valence electrons. The molecule has 0 spiro atoms. The quantitative estimate of drug-likeness (QED) is 0.774. The molecule has 2 aromatic carbocycles. The average molecular weight is 373 g/mol. The Morgan fingerprint density at radius 1 is 1.05 bits per heavy atom. The van der Waals surface area contributed by atoms with Gasteiger partial charge in [-0.05, 0) is 60.7 Å². The first-order valence-electron chi connectivity index (χ1n) is 6.47. The minimum Gasteiger partial charge on any atom is -0.330 e. The minimum absolute atomic E-state index is 0.364. The summed E-state index contributed by atoms with van der Waals surface area (Å²) in [5, 5.41) is 1.38. The molecule has 0 heterocycles. The van der Waals surface area contributed by atoms with Gasteiger partial charge in [-0.15, -0.1) is 0 Å². The predicted octanol–water partition coefficient (Wildman–Crippen LogP) is 5.12. The first-order chi connectivity index (χ1) is 9.58. The lowest BCUT2D eigenvalue weighted by Crippen LogP contribution is -2.19. The second kappa shape index (κ2) is 7.46. The number of hydrogen-bond acceptors (Lipinski definition) is 1. The highest BCUT2D eigenvalue weighted by Gasteiger charge is 2.12. The zero-order valence-electron chi connectivity index (χ0n) is 11.0. The van der Waals surface area contributed by atoms with Gasteiger partial charge in [0.15, 0.2) is 0 Å². The molecule has 0 amide bonds. The lowest BCUT2D eigenvalue weighted by molar-refractivity contribution is 0.533. The number of nitrogens with two attached hydrogens (primary N) is 1. The van der Waals surface area contributed by atoms with Crippen LogP contribution in [0.2, 0.25) is 10.0 Å². The molecule has 0 aliphatic carbocycles. The number of hydrogen-bond donors (Lipinski definition) is 1. The van der Waals surface area contributed by atoms with Gasteiger partial charge in [-0.2, -0.15) is 0 Å². The molecule has 0 aliphatic rings. The molecule has 0 aliphatic heterocycles. The van der Waals surface area contributed by atoms with Gasteiger partial charge in [0, 0.05) is 14.5 Å². The van der Waals surface area contributed by atoms with Crippen LogP contribution in [0.1, 0.15) is 11.1 Å². The van der Waals surface area contributed by atoms with Crippen LogP contribution in [0.5, 0.6) is 0 Å². The van der Waals surface area contributed by atoms with E-state index in [1.54, 1.807) is 6.07 Å². The molecule has 2 N–H and O–H groups in total. The minimum atomic E-state index is 0.364. The van der Waals surface area contributed by atoms with Crippen molar-refractivity contribution in [2.45, 2.75) is 12.8 Å². The maximum atomic E-state index is 6.23. The Labute approximate surface area is 138 Å². The van der Waals surface area contributed by atoms with Crippen LogP contribution in [0.25, 0.3) is 0 Å². The van der Waals surface area contributed by atoms with E-state index in [4.69, 9.17) is 28.9 Å². The molecule has 1 atom stereocenters. The lowest BCUT2D eigenvalue weighted by Gasteiger charge is -2.16. The van der Waals surface area contributed by atoms with Crippen LogP contribution in [0.15, 0.2) is 46.9 Å². The summed E-state index contributed by atoms with van der Waals surface area (Å²) in [4.78, 5) is 0. The molecule has 0 saturated heterocycles. The van der Waals surface area contributed by atoms with Crippen molar-refractivity contribution in [1.29, 1.82) is 0 Å². The molecular formula is C16H16BrCl2N. The van der Waals surface area contributed by atoms with Crippen LogP contribution in [-0.4, -0.2) is 6.54 Å². The van der Waals surface area contributed by atoms with Crippen molar-refractivity contribution in [3.63, 3.8) is 0 Å². The van der Waals surface area contributed by atoms with Crippen molar-refractivity contribution in [3.8, 4) is 0 Å². The summed E-state index contributed by atoms with van der Waals surface area (Å²) in [7, 11) is 0. The summed E-state index contributed by atoms with van der Waals surface area (Å²) < 4.78 is 1.09. The molecule has 2 rings (SSSR count). The summed E-state index contributed by atoms with van der Waals surface area (Å²) in [5.41, 5.74) is 8.28. The van der Waals surface area contributed by atoms with Gasteiger partial charge in [-0.25, -0.2) is 0 Å². The van der Waals surface area contributed by atoms with Gasteiger partial charge in [-0.1, -0.05) is 57.3 Å². The standard InChI is InChI=1S/C16H16BrCl2N/c17-14-3-1-2-11(8-14)6-12(10-20)7-13-4-5-15(18)9-16(13)19/h1-5,8-9,12H,6-7,10,20H2. The molecule has 0 bridgehead atoms. The largest absolute Gasteiger partial charge is 0.330 e. The lowest BCUT2D eigenvalue weighted by atomic mass is 9.92. The molecule has 0 radical (unpaired) electrons. The Balaban J connectivity index is 2.09. The normalized spacial score (nSPS) is 12.4. The van der Waals surface area contributed by atoms with Gasteiger partial charge in [-0.3, -0.25) is 0 Å². The second-order valence-electron chi connectivity index (χ2n) is 4.88. The van der Waals surface area contributed by atoms with Crippen molar-refractivity contribution in [3.05, 3.63) is 68.1 Å². The van der Waals surface area contributed by atoms with Gasteiger partial charge in [0.2, 0.25) is 0 Å². The van der Waals surface area contributed by atoms with Crippen molar-refractivity contribution >= 4 is 39.1 Å². The Hall–Kier alpha value is -0.540. The summed E-state index contributed by atoms with van der Waals surface area (Å²) in [6, 6.07) is 14.0. The summed E-state index contributed by atoms with van der Waals surface area (Å²) in [5.74, 6) is 0.364. The number of benzene rings is 2. The summed E-state index contributed by atoms with van der Waals surface area (Å²) in [6.45, 7) is 0.630. The van der Waals surface area contributed by atoms with Crippen LogP contribution in [-0.2, 0) is 12.8 Å². The Bertz CT molecular complexity index is 586. The molecule has 1 nitrogen and oxygen atoms in total. The van der Waals surface area contributed by atoms with E-state index < -0.39 is 0 Å². The first-order valence-corrected chi connectivity index (χ1v) is 8.02. The van der Waals surface area contributed by atoms with Crippen molar-refractivity contribution in [1.82, 2.24) is 0 Å². The van der Waals surface area contributed by atoms with Crippen molar-refractivity contribution in [2.24, 2.45) is 11.7 Å². The molecule has 2 aromatic rings. The number of rotatable bonds is 5. The predicted molar refractivity (Wildman–Crippen MR) is 90.6 cm³/mol. The Morgan fingerprint density at radius 2 is 1.85 bits per heavy atom. The third kappa shape index (κ3) is 4.49. The van der Waals surface area contributed by atoms with E-state index in [9.17, 15) is 0 Å². The van der Waals surface area contributed by atoms with Crippen LogP contribution < -0.4 is 5.73 Å². The SMILES string of the molecule is NCC(Cc1cccc(Br)c1)Cc1ccc(Cl)cc1Cl. The average Bonchev–Trinajstić information content (AvgIpc) is 2.41. The molecule has 0 saturated carbocycles. The fourth-order valence-electron chi connectivity index (χ4n) is 2.23. The molecule has 0 aromatic heterocycles. The molecule has 20 heavy (non-hydrogen) atoms. The topological polar surface area (TPSA) is 26.0 Å². The highest BCUT2D eigenvalue weighted by Crippen LogP contribution is 2.25. The fourth-order valence-corrected chi connectivity index (χ4v) is 3.17. The fraction of sp³-hybridized carbons (Fsp3) is 0.250. The first kappa shape index (κ1) is 15.8.